The molecule has 2 rings (SSSR count). The molecule has 0 saturated carbocycles. The van der Waals surface area contributed by atoms with Crippen molar-refractivity contribution in [3.63, 3.8) is 0 Å². The highest BCUT2D eigenvalue weighted by atomic mass is 79.9. The molecule has 1 aromatic carbocycles. The minimum absolute atomic E-state index is 0.149. The number of benzene rings is 1. The number of nitrogens with two attached hydrogens (primary N) is 1. The Morgan fingerprint density at radius 3 is 2.74 bits per heavy atom. The van der Waals surface area contributed by atoms with Gasteiger partial charge in [-0.05, 0) is 52.5 Å². The van der Waals surface area contributed by atoms with Crippen molar-refractivity contribution in [3.05, 3.63) is 45.1 Å². The maximum Gasteiger partial charge on any atom is 0.242 e. The van der Waals surface area contributed by atoms with E-state index in [-0.39, 0.29) is 10.9 Å². The van der Waals surface area contributed by atoms with Gasteiger partial charge in [0, 0.05) is 15.0 Å². The zero-order valence-corrected chi connectivity index (χ0v) is 13.3. The van der Waals surface area contributed by atoms with E-state index < -0.39 is 10.0 Å². The quantitative estimate of drug-likeness (QED) is 0.822. The molecule has 3 N–H and O–H groups in total. The van der Waals surface area contributed by atoms with Gasteiger partial charge < -0.3 is 5.73 Å². The second kappa shape index (κ2) is 5.62. The third-order valence-corrected chi connectivity index (χ3v) is 6.14. The summed E-state index contributed by atoms with van der Waals surface area (Å²) in [6, 6.07) is 8.21. The molecule has 19 heavy (non-hydrogen) atoms. The summed E-state index contributed by atoms with van der Waals surface area (Å²) < 4.78 is 27.8. The average molecular weight is 361 g/mol. The first-order chi connectivity index (χ1) is 8.90. The van der Waals surface area contributed by atoms with E-state index in [1.807, 2.05) is 24.4 Å². The first-order valence-corrected chi connectivity index (χ1v) is 8.66. The first kappa shape index (κ1) is 14.5. The number of nitrogen functional groups attached to an aromatic ring is 1. The van der Waals surface area contributed by atoms with E-state index >= 15 is 0 Å². The normalized spacial score (nSPS) is 13.4. The summed E-state index contributed by atoms with van der Waals surface area (Å²) in [6.45, 7) is 1.81. The molecule has 1 atom stereocenters. The first-order valence-electron chi connectivity index (χ1n) is 5.51. The van der Waals surface area contributed by atoms with Gasteiger partial charge in [0.1, 0.15) is 0 Å². The molecule has 0 fully saturated rings. The largest absolute Gasteiger partial charge is 0.399 e. The SMILES string of the molecule is CC(NS(=O)(=O)c1cc(N)ccc1Br)c1cccs1. The van der Waals surface area contributed by atoms with Gasteiger partial charge in [0.25, 0.3) is 0 Å². The van der Waals surface area contributed by atoms with E-state index in [2.05, 4.69) is 20.7 Å². The molecule has 0 spiro atoms. The molecular weight excluding hydrogens is 348 g/mol. The predicted octanol–water partition coefficient (Wildman–Crippen LogP) is 3.13. The molecule has 0 amide bonds. The molecule has 4 nitrogen and oxygen atoms in total. The van der Waals surface area contributed by atoms with Crippen LogP contribution in [0.5, 0.6) is 0 Å². The highest BCUT2D eigenvalue weighted by Gasteiger charge is 2.21. The van der Waals surface area contributed by atoms with Crippen molar-refractivity contribution in [2.45, 2.75) is 17.9 Å². The minimum atomic E-state index is -3.61. The van der Waals surface area contributed by atoms with Gasteiger partial charge in [-0.2, -0.15) is 0 Å². The van der Waals surface area contributed by atoms with Gasteiger partial charge in [-0.3, -0.25) is 0 Å². The molecule has 0 aliphatic heterocycles. The summed E-state index contributed by atoms with van der Waals surface area (Å²) in [5, 5.41) is 1.91. The summed E-state index contributed by atoms with van der Waals surface area (Å²) in [5.74, 6) is 0. The van der Waals surface area contributed by atoms with E-state index in [1.165, 1.54) is 17.4 Å². The van der Waals surface area contributed by atoms with Gasteiger partial charge in [-0.25, -0.2) is 13.1 Å². The third kappa shape index (κ3) is 3.36. The topological polar surface area (TPSA) is 72.2 Å². The summed E-state index contributed by atoms with van der Waals surface area (Å²) in [4.78, 5) is 1.11. The lowest BCUT2D eigenvalue weighted by Gasteiger charge is -2.14. The number of anilines is 1. The van der Waals surface area contributed by atoms with Crippen LogP contribution >= 0.6 is 27.3 Å². The number of sulfonamides is 1. The van der Waals surface area contributed by atoms with Crippen molar-refractivity contribution in [1.29, 1.82) is 0 Å². The van der Waals surface area contributed by atoms with Crippen LogP contribution in [0.1, 0.15) is 17.8 Å². The van der Waals surface area contributed by atoms with Crippen molar-refractivity contribution in [3.8, 4) is 0 Å². The van der Waals surface area contributed by atoms with Crippen LogP contribution in [0, 0.1) is 0 Å². The lowest BCUT2D eigenvalue weighted by molar-refractivity contribution is 0.568. The highest BCUT2D eigenvalue weighted by Crippen LogP contribution is 2.26. The Bertz CT molecular complexity index is 669. The molecule has 0 bridgehead atoms. The van der Waals surface area contributed by atoms with Gasteiger partial charge in [0.05, 0.1) is 10.9 Å². The van der Waals surface area contributed by atoms with E-state index in [0.717, 1.165) is 4.88 Å². The zero-order chi connectivity index (χ0) is 14.0. The fraction of sp³-hybridized carbons (Fsp3) is 0.167. The van der Waals surface area contributed by atoms with Crippen molar-refractivity contribution < 1.29 is 8.42 Å². The maximum absolute atomic E-state index is 12.3. The monoisotopic (exact) mass is 360 g/mol. The van der Waals surface area contributed by atoms with E-state index in [4.69, 9.17) is 5.73 Å². The lowest BCUT2D eigenvalue weighted by Crippen LogP contribution is -2.26. The highest BCUT2D eigenvalue weighted by molar-refractivity contribution is 9.10. The van der Waals surface area contributed by atoms with Crippen molar-refractivity contribution in [1.82, 2.24) is 4.72 Å². The van der Waals surface area contributed by atoms with Crippen LogP contribution in [-0.4, -0.2) is 8.42 Å². The summed E-state index contributed by atoms with van der Waals surface area (Å²) >= 11 is 4.74. The Kier molecular flexibility index (Phi) is 4.29. The number of halogens is 1. The number of thiophene rings is 1. The molecule has 0 aliphatic rings. The lowest BCUT2D eigenvalue weighted by atomic mass is 10.3. The molecule has 0 saturated heterocycles. The molecule has 1 unspecified atom stereocenters. The Hall–Kier alpha value is -0.890. The standard InChI is InChI=1S/C12H13BrN2O2S2/c1-8(11-3-2-6-18-11)15-19(16,17)12-7-9(14)4-5-10(12)13/h2-8,15H,14H2,1H3. The molecule has 102 valence electrons. The van der Waals surface area contributed by atoms with Crippen LogP contribution in [-0.2, 0) is 10.0 Å². The summed E-state index contributed by atoms with van der Waals surface area (Å²) in [7, 11) is -3.61. The van der Waals surface area contributed by atoms with Crippen LogP contribution in [0.4, 0.5) is 5.69 Å². The van der Waals surface area contributed by atoms with Crippen molar-refractivity contribution in [2.75, 3.05) is 5.73 Å². The number of nitrogens with one attached hydrogen (secondary N) is 1. The summed E-state index contributed by atoms with van der Waals surface area (Å²) in [6.07, 6.45) is 0. The number of rotatable bonds is 4. The fourth-order valence-corrected chi connectivity index (χ4v) is 4.65. The summed E-state index contributed by atoms with van der Waals surface area (Å²) in [5.41, 5.74) is 6.05. The van der Waals surface area contributed by atoms with Crippen molar-refractivity contribution in [2.24, 2.45) is 0 Å². The molecule has 7 heteroatoms. The molecule has 2 aromatic rings. The van der Waals surface area contributed by atoms with Crippen LogP contribution in [0.3, 0.4) is 0 Å². The molecular formula is C12H13BrN2O2S2. The zero-order valence-electron chi connectivity index (χ0n) is 10.1. The Balaban J connectivity index is 2.30. The molecule has 1 aromatic heterocycles. The Morgan fingerprint density at radius 2 is 2.11 bits per heavy atom. The predicted molar refractivity (Wildman–Crippen MR) is 81.6 cm³/mol. The van der Waals surface area contributed by atoms with E-state index in [1.54, 1.807) is 12.1 Å². The van der Waals surface area contributed by atoms with Crippen LogP contribution < -0.4 is 10.5 Å². The molecule has 0 aliphatic carbocycles. The Labute approximate surface area is 124 Å². The van der Waals surface area contributed by atoms with Gasteiger partial charge >= 0.3 is 0 Å². The number of hydrogen-bond acceptors (Lipinski definition) is 4. The van der Waals surface area contributed by atoms with Crippen molar-refractivity contribution >= 4 is 43.0 Å². The fourth-order valence-electron chi connectivity index (χ4n) is 1.62. The smallest absolute Gasteiger partial charge is 0.242 e. The van der Waals surface area contributed by atoms with Gasteiger partial charge in [0.15, 0.2) is 0 Å². The van der Waals surface area contributed by atoms with E-state index in [9.17, 15) is 8.42 Å². The van der Waals surface area contributed by atoms with Crippen LogP contribution in [0.15, 0.2) is 45.1 Å². The second-order valence-corrected chi connectivity index (χ2v) is 7.56. The molecule has 1 heterocycles. The second-order valence-electron chi connectivity index (χ2n) is 4.05. The Morgan fingerprint density at radius 1 is 1.37 bits per heavy atom. The molecule has 0 radical (unpaired) electrons. The van der Waals surface area contributed by atoms with Crippen LogP contribution in [0.2, 0.25) is 0 Å². The average Bonchev–Trinajstić information content (AvgIpc) is 2.85. The van der Waals surface area contributed by atoms with E-state index in [0.29, 0.717) is 10.2 Å². The van der Waals surface area contributed by atoms with Gasteiger partial charge in [-0.15, -0.1) is 11.3 Å². The third-order valence-electron chi connectivity index (χ3n) is 2.55. The van der Waals surface area contributed by atoms with Gasteiger partial charge in [-0.1, -0.05) is 6.07 Å². The maximum atomic E-state index is 12.3. The minimum Gasteiger partial charge on any atom is -0.399 e. The van der Waals surface area contributed by atoms with Crippen LogP contribution in [0.25, 0.3) is 0 Å². The number of hydrogen-bond donors (Lipinski definition) is 2. The van der Waals surface area contributed by atoms with Gasteiger partial charge in [0.2, 0.25) is 10.0 Å².